The molecular weight excluding hydrogens is 238 g/mol. The zero-order valence-electron chi connectivity index (χ0n) is 10.0. The number of amides is 1. The molecule has 0 aliphatic carbocycles. The van der Waals surface area contributed by atoms with Crippen molar-refractivity contribution in [3.63, 3.8) is 0 Å². The van der Waals surface area contributed by atoms with Gasteiger partial charge in [0.05, 0.1) is 0 Å². The van der Waals surface area contributed by atoms with Crippen molar-refractivity contribution in [3.05, 3.63) is 35.4 Å². The van der Waals surface area contributed by atoms with Gasteiger partial charge < -0.3 is 10.6 Å². The highest BCUT2D eigenvalue weighted by Crippen LogP contribution is 2.12. The third kappa shape index (κ3) is 3.04. The van der Waals surface area contributed by atoms with Crippen molar-refractivity contribution in [2.75, 3.05) is 13.1 Å². The predicted octanol–water partition coefficient (Wildman–Crippen LogP) is 1.84. The van der Waals surface area contributed by atoms with Gasteiger partial charge in [0.15, 0.2) is 0 Å². The van der Waals surface area contributed by atoms with Crippen LogP contribution in [0.3, 0.4) is 0 Å². The number of piperidine rings is 1. The highest BCUT2D eigenvalue weighted by Gasteiger charge is 2.18. The Kier molecular flexibility index (Phi) is 4.25. The standard InChI is InChI=1S/C13H16F2N2O/c14-10-5-3-6-11(15)12(10)13(18)17-8-9-4-1-2-7-16-9/h3,5-6,9,16H,1-2,4,7-8H2,(H,17,18). The Balaban J connectivity index is 1.95. The first-order valence-corrected chi connectivity index (χ1v) is 6.14. The van der Waals surface area contributed by atoms with Crippen LogP contribution in [0.1, 0.15) is 29.6 Å². The van der Waals surface area contributed by atoms with E-state index in [0.717, 1.165) is 37.9 Å². The topological polar surface area (TPSA) is 41.1 Å². The lowest BCUT2D eigenvalue weighted by atomic mass is 10.0. The Bertz CT molecular complexity index is 411. The lowest BCUT2D eigenvalue weighted by Gasteiger charge is -2.23. The number of halogens is 2. The van der Waals surface area contributed by atoms with Gasteiger partial charge in [-0.2, -0.15) is 0 Å². The summed E-state index contributed by atoms with van der Waals surface area (Å²) in [6.45, 7) is 1.32. The molecule has 1 aliphatic heterocycles. The predicted molar refractivity (Wildman–Crippen MR) is 64.3 cm³/mol. The lowest BCUT2D eigenvalue weighted by Crippen LogP contribution is -2.43. The second-order valence-electron chi connectivity index (χ2n) is 4.45. The molecule has 1 heterocycles. The molecular formula is C13H16F2N2O. The Labute approximate surface area is 105 Å². The monoisotopic (exact) mass is 254 g/mol. The van der Waals surface area contributed by atoms with Gasteiger partial charge in [-0.05, 0) is 31.5 Å². The Morgan fingerprint density at radius 2 is 2.06 bits per heavy atom. The van der Waals surface area contributed by atoms with E-state index >= 15 is 0 Å². The smallest absolute Gasteiger partial charge is 0.257 e. The molecule has 0 saturated carbocycles. The number of rotatable bonds is 3. The van der Waals surface area contributed by atoms with E-state index < -0.39 is 23.1 Å². The first-order chi connectivity index (χ1) is 8.68. The van der Waals surface area contributed by atoms with Gasteiger partial charge in [0.25, 0.3) is 5.91 Å². The van der Waals surface area contributed by atoms with E-state index in [1.54, 1.807) is 0 Å². The van der Waals surface area contributed by atoms with Gasteiger partial charge in [0.1, 0.15) is 17.2 Å². The SMILES string of the molecule is O=C(NCC1CCCCN1)c1c(F)cccc1F. The second kappa shape index (κ2) is 5.91. The molecule has 1 amide bonds. The maximum Gasteiger partial charge on any atom is 0.257 e. The van der Waals surface area contributed by atoms with Crippen molar-refractivity contribution in [2.24, 2.45) is 0 Å². The summed E-state index contributed by atoms with van der Waals surface area (Å²) in [7, 11) is 0. The minimum absolute atomic E-state index is 0.192. The van der Waals surface area contributed by atoms with Gasteiger partial charge in [-0.25, -0.2) is 8.78 Å². The molecule has 3 nitrogen and oxygen atoms in total. The van der Waals surface area contributed by atoms with E-state index in [2.05, 4.69) is 10.6 Å². The number of carbonyl (C=O) groups is 1. The van der Waals surface area contributed by atoms with Crippen LogP contribution in [0.2, 0.25) is 0 Å². The van der Waals surface area contributed by atoms with Crippen molar-refractivity contribution in [1.29, 1.82) is 0 Å². The molecule has 1 aliphatic rings. The molecule has 0 radical (unpaired) electrons. The van der Waals surface area contributed by atoms with E-state index in [1.807, 2.05) is 0 Å². The Morgan fingerprint density at radius 1 is 1.33 bits per heavy atom. The number of hydrogen-bond acceptors (Lipinski definition) is 2. The van der Waals surface area contributed by atoms with Gasteiger partial charge in [0, 0.05) is 12.6 Å². The summed E-state index contributed by atoms with van der Waals surface area (Å²) in [5, 5.41) is 5.82. The summed E-state index contributed by atoms with van der Waals surface area (Å²) >= 11 is 0. The fraction of sp³-hybridized carbons (Fsp3) is 0.462. The van der Waals surface area contributed by atoms with Crippen molar-refractivity contribution >= 4 is 5.91 Å². The van der Waals surface area contributed by atoms with E-state index in [-0.39, 0.29) is 6.04 Å². The molecule has 98 valence electrons. The first-order valence-electron chi connectivity index (χ1n) is 6.14. The average molecular weight is 254 g/mol. The Morgan fingerprint density at radius 3 is 2.67 bits per heavy atom. The maximum atomic E-state index is 13.3. The third-order valence-electron chi connectivity index (χ3n) is 3.11. The van der Waals surface area contributed by atoms with Crippen LogP contribution < -0.4 is 10.6 Å². The van der Waals surface area contributed by atoms with Crippen LogP contribution in [0.25, 0.3) is 0 Å². The summed E-state index contributed by atoms with van der Waals surface area (Å²) in [6, 6.07) is 3.59. The van der Waals surface area contributed by atoms with Crippen molar-refractivity contribution in [2.45, 2.75) is 25.3 Å². The maximum absolute atomic E-state index is 13.3. The van der Waals surface area contributed by atoms with E-state index in [0.29, 0.717) is 6.54 Å². The molecule has 18 heavy (non-hydrogen) atoms. The van der Waals surface area contributed by atoms with Crippen LogP contribution in [0.5, 0.6) is 0 Å². The largest absolute Gasteiger partial charge is 0.350 e. The minimum atomic E-state index is -0.830. The van der Waals surface area contributed by atoms with Crippen LogP contribution >= 0.6 is 0 Å². The lowest BCUT2D eigenvalue weighted by molar-refractivity contribution is 0.0939. The van der Waals surface area contributed by atoms with Crippen LogP contribution in [0, 0.1) is 11.6 Å². The molecule has 1 aromatic rings. The quantitative estimate of drug-likeness (QED) is 0.864. The van der Waals surface area contributed by atoms with Crippen LogP contribution in [-0.4, -0.2) is 25.0 Å². The Hall–Kier alpha value is -1.49. The highest BCUT2D eigenvalue weighted by molar-refractivity contribution is 5.94. The van der Waals surface area contributed by atoms with Gasteiger partial charge in [-0.1, -0.05) is 12.5 Å². The number of benzene rings is 1. The molecule has 2 N–H and O–H groups in total. The summed E-state index contributed by atoms with van der Waals surface area (Å²) in [4.78, 5) is 11.7. The van der Waals surface area contributed by atoms with Crippen molar-refractivity contribution < 1.29 is 13.6 Å². The molecule has 1 saturated heterocycles. The summed E-state index contributed by atoms with van der Waals surface area (Å²) in [6.07, 6.45) is 3.22. The molecule has 0 aromatic heterocycles. The molecule has 1 fully saturated rings. The fourth-order valence-electron chi connectivity index (χ4n) is 2.12. The zero-order valence-corrected chi connectivity index (χ0v) is 10.0. The molecule has 1 unspecified atom stereocenters. The summed E-state index contributed by atoms with van der Waals surface area (Å²) in [5.41, 5.74) is -0.506. The van der Waals surface area contributed by atoms with Gasteiger partial charge in [0.2, 0.25) is 0 Å². The molecule has 0 bridgehead atoms. The van der Waals surface area contributed by atoms with Crippen LogP contribution in [0.15, 0.2) is 18.2 Å². The summed E-state index contributed by atoms with van der Waals surface area (Å²) in [5.74, 6) is -2.36. The zero-order chi connectivity index (χ0) is 13.0. The number of nitrogens with one attached hydrogen (secondary N) is 2. The van der Waals surface area contributed by atoms with E-state index in [1.165, 1.54) is 6.07 Å². The molecule has 1 atom stereocenters. The van der Waals surface area contributed by atoms with E-state index in [4.69, 9.17) is 0 Å². The third-order valence-corrected chi connectivity index (χ3v) is 3.11. The van der Waals surface area contributed by atoms with Gasteiger partial charge >= 0.3 is 0 Å². The summed E-state index contributed by atoms with van der Waals surface area (Å²) < 4.78 is 26.7. The van der Waals surface area contributed by atoms with E-state index in [9.17, 15) is 13.6 Å². The highest BCUT2D eigenvalue weighted by atomic mass is 19.1. The average Bonchev–Trinajstić information content (AvgIpc) is 2.37. The van der Waals surface area contributed by atoms with Crippen LogP contribution in [0.4, 0.5) is 8.78 Å². The molecule has 5 heteroatoms. The normalized spacial score (nSPS) is 19.6. The van der Waals surface area contributed by atoms with Gasteiger partial charge in [-0.3, -0.25) is 4.79 Å². The van der Waals surface area contributed by atoms with Crippen molar-refractivity contribution in [1.82, 2.24) is 10.6 Å². The number of carbonyl (C=O) groups excluding carboxylic acids is 1. The number of hydrogen-bond donors (Lipinski definition) is 2. The minimum Gasteiger partial charge on any atom is -0.350 e. The second-order valence-corrected chi connectivity index (χ2v) is 4.45. The fourth-order valence-corrected chi connectivity index (χ4v) is 2.12. The van der Waals surface area contributed by atoms with Crippen LogP contribution in [-0.2, 0) is 0 Å². The van der Waals surface area contributed by atoms with Crippen molar-refractivity contribution in [3.8, 4) is 0 Å². The van der Waals surface area contributed by atoms with Gasteiger partial charge in [-0.15, -0.1) is 0 Å². The molecule has 2 rings (SSSR count). The molecule has 1 aromatic carbocycles. The molecule has 0 spiro atoms. The first kappa shape index (κ1) is 13.0.